The Kier molecular flexibility index (Phi) is 13.6. The van der Waals surface area contributed by atoms with E-state index in [1.165, 1.54) is 25.5 Å². The second kappa shape index (κ2) is 16.4. The molecule has 2 aliphatic rings. The number of nitrogens with one attached hydrogen (secondary N) is 3. The molecule has 3 N–H and O–H groups in total. The molecule has 2 heterocycles. The first-order valence-corrected chi connectivity index (χ1v) is 13.3. The third kappa shape index (κ3) is 9.93. The van der Waals surface area contributed by atoms with Crippen LogP contribution in [0, 0.1) is 30.9 Å². The number of anilines is 2. The fraction of sp³-hybridized carbons (Fsp3) is 0.387. The summed E-state index contributed by atoms with van der Waals surface area (Å²) < 4.78 is 0. The maximum atomic E-state index is 12.8. The fourth-order valence-electron chi connectivity index (χ4n) is 4.77. The van der Waals surface area contributed by atoms with E-state index < -0.39 is 5.91 Å². The Morgan fingerprint density at radius 2 is 2.08 bits per heavy atom. The first kappa shape index (κ1) is 33.3. The second-order valence-corrected chi connectivity index (χ2v) is 10.1. The van der Waals surface area contributed by atoms with Gasteiger partial charge in [-0.15, -0.1) is 29.5 Å². The van der Waals surface area contributed by atoms with Crippen molar-refractivity contribution in [3.63, 3.8) is 0 Å². The number of piperidine rings is 1. The van der Waals surface area contributed by atoms with Crippen LogP contribution in [0.3, 0.4) is 0 Å². The Morgan fingerprint density at radius 3 is 2.70 bits per heavy atom. The van der Waals surface area contributed by atoms with E-state index in [9.17, 15) is 9.59 Å². The molecule has 1 saturated heterocycles. The van der Waals surface area contributed by atoms with E-state index in [-0.39, 0.29) is 46.7 Å². The van der Waals surface area contributed by atoms with Crippen molar-refractivity contribution in [2.45, 2.75) is 59.4 Å². The Labute approximate surface area is 260 Å². The Balaban J connectivity index is 0.00000560. The molecular weight excluding hydrogens is 511 g/mol. The van der Waals surface area contributed by atoms with Gasteiger partial charge in [0, 0.05) is 12.6 Å². The van der Waals surface area contributed by atoms with Gasteiger partial charge >= 0.3 is 29.6 Å². The number of hydrogen-bond donors (Lipinski definition) is 3. The molecule has 1 aliphatic carbocycles. The van der Waals surface area contributed by atoms with Gasteiger partial charge in [-0.25, -0.2) is 0 Å². The molecule has 8 nitrogen and oxygen atoms in total. The van der Waals surface area contributed by atoms with Crippen LogP contribution in [0.2, 0.25) is 0 Å². The molecule has 0 radical (unpaired) electrons. The van der Waals surface area contributed by atoms with Crippen LogP contribution in [-0.4, -0.2) is 53.3 Å². The van der Waals surface area contributed by atoms with Gasteiger partial charge in [0.25, 0.3) is 0 Å². The largest absolute Gasteiger partial charge is 1.00 e. The van der Waals surface area contributed by atoms with Gasteiger partial charge in [0.15, 0.2) is 0 Å². The third-order valence-electron chi connectivity index (χ3n) is 6.69. The molecule has 2 bridgehead atoms. The van der Waals surface area contributed by atoms with Gasteiger partial charge in [0.1, 0.15) is 5.91 Å². The van der Waals surface area contributed by atoms with Gasteiger partial charge in [-0.3, -0.25) is 21.3 Å². The maximum absolute atomic E-state index is 12.8. The van der Waals surface area contributed by atoms with Crippen molar-refractivity contribution in [1.82, 2.24) is 9.88 Å². The molecule has 1 aliphatic heterocycles. The summed E-state index contributed by atoms with van der Waals surface area (Å²) in [6.45, 7) is 15.2. The summed E-state index contributed by atoms with van der Waals surface area (Å²) in [6.07, 6.45) is 18.7. The number of rotatable bonds is 12. The fourth-order valence-corrected chi connectivity index (χ4v) is 4.77. The normalized spacial score (nSPS) is 19.0. The molecular formula is C31H38N6NaO2-. The van der Waals surface area contributed by atoms with Crippen molar-refractivity contribution in [3.8, 4) is 0 Å². The molecule has 2 atom stereocenters. The van der Waals surface area contributed by atoms with Crippen LogP contribution in [-0.2, 0) is 9.59 Å². The summed E-state index contributed by atoms with van der Waals surface area (Å²) >= 11 is 0. The summed E-state index contributed by atoms with van der Waals surface area (Å²) in [5.74, 6) is 0.0647. The molecule has 1 aromatic rings. The number of carbonyl (C=O) groups is 2. The van der Waals surface area contributed by atoms with Crippen LogP contribution >= 0.6 is 0 Å². The van der Waals surface area contributed by atoms with Crippen LogP contribution in [0.5, 0.6) is 0 Å². The number of allylic oxidation sites excluding steroid dienone is 6. The predicted octanol–water partition coefficient (Wildman–Crippen LogP) is 2.38. The zero-order chi connectivity index (χ0) is 28.4. The molecule has 2 amide bonds. The van der Waals surface area contributed by atoms with Crippen molar-refractivity contribution in [2.75, 3.05) is 23.7 Å². The first-order valence-electron chi connectivity index (χ1n) is 13.3. The smallest absolute Gasteiger partial charge is 0.374 e. The zero-order valence-corrected chi connectivity index (χ0v) is 26.3. The van der Waals surface area contributed by atoms with E-state index in [4.69, 9.17) is 12.0 Å². The van der Waals surface area contributed by atoms with Crippen molar-refractivity contribution in [2.24, 2.45) is 10.9 Å². The van der Waals surface area contributed by atoms with Gasteiger partial charge in [-0.1, -0.05) is 30.9 Å². The van der Waals surface area contributed by atoms with Crippen LogP contribution in [0.15, 0.2) is 64.0 Å². The Morgan fingerprint density at radius 1 is 1.30 bits per heavy atom. The SMILES string of the molecule is [CH-]=C(N=C[C-]=C(C=N)C(=O)Nc1cc(NC(=O)CN2CC3CCC2C3)cnc1C)/C(C=C(C)C)=C/C=C/CC.[Na+]. The number of pyridine rings is 1. The van der Waals surface area contributed by atoms with Crippen LogP contribution in [0.4, 0.5) is 11.4 Å². The maximum Gasteiger partial charge on any atom is 1.00 e. The molecule has 1 aromatic heterocycles. The van der Waals surface area contributed by atoms with Gasteiger partial charge in [-0.05, 0) is 64.7 Å². The summed E-state index contributed by atoms with van der Waals surface area (Å²) in [7, 11) is 0. The summed E-state index contributed by atoms with van der Waals surface area (Å²) in [4.78, 5) is 36.2. The number of aliphatic imine (C=N–C) groups is 1. The Bertz CT molecular complexity index is 1260. The molecule has 40 heavy (non-hydrogen) atoms. The van der Waals surface area contributed by atoms with E-state index >= 15 is 0 Å². The average Bonchev–Trinajstić information content (AvgIpc) is 3.51. The van der Waals surface area contributed by atoms with Gasteiger partial charge < -0.3 is 25.8 Å². The van der Waals surface area contributed by atoms with Crippen molar-refractivity contribution >= 4 is 35.6 Å². The monoisotopic (exact) mass is 549 g/mol. The number of carbonyl (C=O) groups excluding carboxylic acids is 2. The zero-order valence-electron chi connectivity index (χ0n) is 24.3. The van der Waals surface area contributed by atoms with E-state index in [0.717, 1.165) is 36.2 Å². The van der Waals surface area contributed by atoms with E-state index in [1.54, 1.807) is 19.2 Å². The number of fused-ring (bicyclic) bond motifs is 2. The number of nitrogens with zero attached hydrogens (tertiary/aromatic N) is 3. The molecule has 2 fully saturated rings. The van der Waals surface area contributed by atoms with E-state index in [2.05, 4.69) is 31.6 Å². The predicted molar refractivity (Wildman–Crippen MR) is 158 cm³/mol. The minimum atomic E-state index is -0.553. The average molecular weight is 550 g/mol. The van der Waals surface area contributed by atoms with Crippen molar-refractivity contribution in [1.29, 1.82) is 5.41 Å². The quantitative estimate of drug-likeness (QED) is 0.122. The summed E-state index contributed by atoms with van der Waals surface area (Å²) in [6, 6.07) is 2.18. The second-order valence-electron chi connectivity index (χ2n) is 10.1. The van der Waals surface area contributed by atoms with Crippen LogP contribution < -0.4 is 40.2 Å². The minimum Gasteiger partial charge on any atom is -0.374 e. The van der Waals surface area contributed by atoms with Gasteiger partial charge in [0.2, 0.25) is 5.91 Å². The molecule has 3 rings (SSSR count). The molecule has 0 spiro atoms. The van der Waals surface area contributed by atoms with Crippen molar-refractivity contribution in [3.05, 3.63) is 77.3 Å². The number of aromatic nitrogens is 1. The number of hydrogen-bond acceptors (Lipinski definition) is 6. The van der Waals surface area contributed by atoms with Crippen LogP contribution in [0.1, 0.15) is 52.1 Å². The van der Waals surface area contributed by atoms with Crippen LogP contribution in [0.25, 0.3) is 0 Å². The molecule has 9 heteroatoms. The van der Waals surface area contributed by atoms with Gasteiger partial charge in [0.05, 0.1) is 29.8 Å². The number of aryl methyl sites for hydroxylation is 1. The summed E-state index contributed by atoms with van der Waals surface area (Å²) in [5.41, 5.74) is 3.52. The molecule has 0 aromatic carbocycles. The van der Waals surface area contributed by atoms with Gasteiger partial charge in [-0.2, -0.15) is 5.57 Å². The summed E-state index contributed by atoms with van der Waals surface area (Å²) in [5, 5.41) is 13.3. The molecule has 2 unspecified atom stereocenters. The van der Waals surface area contributed by atoms with E-state index in [1.807, 2.05) is 45.1 Å². The number of likely N-dealkylation sites (tertiary alicyclic amines) is 1. The molecule has 206 valence electrons. The van der Waals surface area contributed by atoms with E-state index in [0.29, 0.717) is 29.7 Å². The minimum absolute atomic E-state index is 0. The number of amides is 2. The standard InChI is InChI=1S/C31H38N6O2.Na/c1-6-7-8-9-25(14-21(2)3)22(4)33-13-12-26(17-32)31(39)36-29-16-27(18-34-23(29)5)35-30(38)20-37-19-24-10-11-28(37)15-24;/h4,7-9,13-14,16-18,24,28,32H,6,10-11,15,19-20H2,1-3,5H3,(H,35,38)(H,36,39);/q-2;+1/b8-7+,25-9+,32-17?,33-13?;. The Hall–Kier alpha value is -2.91. The molecule has 1 saturated carbocycles. The topological polar surface area (TPSA) is 111 Å². The third-order valence-corrected chi connectivity index (χ3v) is 6.69. The van der Waals surface area contributed by atoms with Crippen molar-refractivity contribution < 1.29 is 39.1 Å². The first-order chi connectivity index (χ1) is 18.7.